The highest BCUT2D eigenvalue weighted by Crippen LogP contribution is 2.45. The molecule has 0 rings (SSSR count). The van der Waals surface area contributed by atoms with Gasteiger partial charge < -0.3 is 33.8 Å². The number of esters is 4. The summed E-state index contributed by atoms with van der Waals surface area (Å²) in [5.41, 5.74) is 0. The van der Waals surface area contributed by atoms with Crippen LogP contribution >= 0.6 is 15.6 Å². The summed E-state index contributed by atoms with van der Waals surface area (Å²) in [4.78, 5) is 71.8. The van der Waals surface area contributed by atoms with Gasteiger partial charge >= 0.3 is 39.5 Å². The van der Waals surface area contributed by atoms with E-state index in [9.17, 15) is 43.2 Å². The van der Waals surface area contributed by atoms with Crippen molar-refractivity contribution in [3.05, 3.63) is 0 Å². The average Bonchev–Trinajstić information content (AvgIpc) is 3.43. The molecule has 80 heavy (non-hydrogen) atoms. The topological polar surface area (TPSA) is 237 Å². The van der Waals surface area contributed by atoms with Crippen molar-refractivity contribution in [2.24, 2.45) is 0 Å². The molecule has 0 aromatic heterocycles. The van der Waals surface area contributed by atoms with E-state index in [2.05, 4.69) is 27.7 Å². The molecule has 2 unspecified atom stereocenters. The minimum Gasteiger partial charge on any atom is -0.462 e. The van der Waals surface area contributed by atoms with E-state index in [1.54, 1.807) is 0 Å². The first-order valence-corrected chi connectivity index (χ1v) is 35.3. The minimum absolute atomic E-state index is 0.105. The summed E-state index contributed by atoms with van der Waals surface area (Å²) in [5, 5.41) is 10.5. The molecule has 0 bridgehead atoms. The van der Waals surface area contributed by atoms with Gasteiger partial charge in [0.05, 0.1) is 26.4 Å². The summed E-state index contributed by atoms with van der Waals surface area (Å²) in [7, 11) is -9.87. The van der Waals surface area contributed by atoms with Gasteiger partial charge in [0, 0.05) is 25.7 Å². The lowest BCUT2D eigenvalue weighted by Gasteiger charge is -2.21. The second-order valence-corrected chi connectivity index (χ2v) is 25.0. The zero-order chi connectivity index (χ0) is 59.1. The third-order valence-corrected chi connectivity index (χ3v) is 16.0. The van der Waals surface area contributed by atoms with Gasteiger partial charge in [-0.15, -0.1) is 0 Å². The number of unbranched alkanes of at least 4 members (excludes halogenated alkanes) is 36. The molecule has 3 N–H and O–H groups in total. The van der Waals surface area contributed by atoms with Crippen molar-refractivity contribution in [2.45, 2.75) is 329 Å². The molecular weight excluding hydrogens is 1070 g/mol. The average molecular weight is 1190 g/mol. The maximum atomic E-state index is 12.9. The number of carbonyl (C=O) groups is 4. The molecule has 5 atom stereocenters. The molecule has 0 aromatic carbocycles. The summed E-state index contributed by atoms with van der Waals surface area (Å²) in [5.74, 6) is -2.14. The zero-order valence-corrected chi connectivity index (χ0v) is 52.8. The van der Waals surface area contributed by atoms with Crippen LogP contribution in [-0.4, -0.2) is 96.7 Å². The molecule has 17 nitrogen and oxygen atoms in total. The van der Waals surface area contributed by atoms with Crippen LogP contribution in [0, 0.1) is 0 Å². The Bertz CT molecular complexity index is 1550. The Morgan fingerprint density at radius 1 is 0.300 bits per heavy atom. The van der Waals surface area contributed by atoms with Crippen LogP contribution in [0.3, 0.4) is 0 Å². The van der Waals surface area contributed by atoms with E-state index in [-0.39, 0.29) is 25.7 Å². The number of phosphoric ester groups is 2. The number of hydrogen-bond acceptors (Lipinski definition) is 15. The van der Waals surface area contributed by atoms with Crippen LogP contribution in [0.5, 0.6) is 0 Å². The standard InChI is InChI=1S/C61H118O17P2/c1-5-9-13-17-21-25-26-27-28-29-30-31-32-36-40-44-48-61(66)78-57(52-72-59(64)46-42-38-34-23-19-15-11-7-3)54-76-80(69,70)74-50-55(62)49-73-79(67,68)75-53-56(77-60(65)47-43-39-35-24-20-16-12-8-4)51-71-58(63)45-41-37-33-22-18-14-10-6-2/h55-57,62H,5-54H2,1-4H3,(H,67,68)(H,69,70)/t55-,56+,57+/m0/s1. The number of ether oxygens (including phenoxy) is 4. The van der Waals surface area contributed by atoms with Crippen molar-refractivity contribution in [3.8, 4) is 0 Å². The summed E-state index contributed by atoms with van der Waals surface area (Å²) in [6, 6.07) is 0. The van der Waals surface area contributed by atoms with Crippen LogP contribution in [0.2, 0.25) is 0 Å². The van der Waals surface area contributed by atoms with Gasteiger partial charge in [-0.3, -0.25) is 37.3 Å². The monoisotopic (exact) mass is 1180 g/mol. The quantitative estimate of drug-likeness (QED) is 0.0222. The van der Waals surface area contributed by atoms with Crippen LogP contribution in [0.25, 0.3) is 0 Å². The van der Waals surface area contributed by atoms with E-state index in [4.69, 9.17) is 37.0 Å². The van der Waals surface area contributed by atoms with Gasteiger partial charge in [-0.2, -0.15) is 0 Å². The molecule has 0 saturated heterocycles. The summed E-state index contributed by atoms with van der Waals surface area (Å²) >= 11 is 0. The highest BCUT2D eigenvalue weighted by atomic mass is 31.2. The molecule has 0 saturated carbocycles. The number of phosphoric acid groups is 2. The number of carbonyl (C=O) groups excluding carboxylic acids is 4. The Kier molecular flexibility index (Phi) is 54.8. The predicted molar refractivity (Wildman–Crippen MR) is 317 cm³/mol. The Morgan fingerprint density at radius 3 is 0.738 bits per heavy atom. The molecule has 0 aromatic rings. The first-order valence-electron chi connectivity index (χ1n) is 32.3. The Morgan fingerprint density at radius 2 is 0.500 bits per heavy atom. The predicted octanol–water partition coefficient (Wildman–Crippen LogP) is 16.8. The van der Waals surface area contributed by atoms with E-state index in [1.807, 2.05) is 0 Å². The lowest BCUT2D eigenvalue weighted by atomic mass is 10.0. The van der Waals surface area contributed by atoms with Crippen LogP contribution in [0.4, 0.5) is 0 Å². The van der Waals surface area contributed by atoms with Gasteiger partial charge in [-0.25, -0.2) is 9.13 Å². The lowest BCUT2D eigenvalue weighted by molar-refractivity contribution is -0.161. The first kappa shape index (κ1) is 78.1. The molecule has 0 radical (unpaired) electrons. The highest BCUT2D eigenvalue weighted by molar-refractivity contribution is 7.47. The summed E-state index contributed by atoms with van der Waals surface area (Å²) < 4.78 is 67.7. The van der Waals surface area contributed by atoms with Gasteiger partial charge in [0.1, 0.15) is 19.3 Å². The van der Waals surface area contributed by atoms with Crippen LogP contribution in [0.1, 0.15) is 310 Å². The van der Waals surface area contributed by atoms with Gasteiger partial charge in [0.25, 0.3) is 0 Å². The maximum absolute atomic E-state index is 12.9. The van der Waals surface area contributed by atoms with Gasteiger partial charge in [0.15, 0.2) is 12.2 Å². The molecule has 0 spiro atoms. The summed E-state index contributed by atoms with van der Waals surface area (Å²) in [6.45, 7) is 4.80. The number of aliphatic hydroxyl groups is 1. The third-order valence-electron chi connectivity index (χ3n) is 14.1. The minimum atomic E-state index is -4.94. The van der Waals surface area contributed by atoms with Crippen molar-refractivity contribution in [3.63, 3.8) is 0 Å². The molecule has 0 heterocycles. The van der Waals surface area contributed by atoms with Crippen molar-refractivity contribution in [1.82, 2.24) is 0 Å². The summed E-state index contributed by atoms with van der Waals surface area (Å²) in [6.07, 6.45) is 40.5. The van der Waals surface area contributed by atoms with E-state index >= 15 is 0 Å². The number of aliphatic hydroxyl groups excluding tert-OH is 1. The molecule has 0 aliphatic rings. The fraction of sp³-hybridized carbons (Fsp3) is 0.934. The number of rotatable bonds is 62. The third kappa shape index (κ3) is 55.3. The van der Waals surface area contributed by atoms with Crippen molar-refractivity contribution < 1.29 is 80.2 Å². The SMILES string of the molecule is CCCCCCCCCCCCCCCCCCC(=O)O[C@H](COC(=O)CCCCCCCCCC)COP(=O)(O)OC[C@@H](O)COP(=O)(O)OC[C@@H](COC(=O)CCCCCCCCCC)OC(=O)CCCCCCCCCC. The zero-order valence-electron chi connectivity index (χ0n) is 51.0. The maximum Gasteiger partial charge on any atom is 0.472 e. The van der Waals surface area contributed by atoms with Gasteiger partial charge in [-0.1, -0.05) is 259 Å². The molecule has 0 aliphatic heterocycles. The Hall–Kier alpha value is -1.94. The fourth-order valence-corrected chi connectivity index (χ4v) is 10.7. The van der Waals surface area contributed by atoms with E-state index in [1.165, 1.54) is 122 Å². The van der Waals surface area contributed by atoms with E-state index in [0.29, 0.717) is 25.7 Å². The Balaban J connectivity index is 5.15. The molecule has 0 aliphatic carbocycles. The van der Waals surface area contributed by atoms with E-state index < -0.39 is 97.5 Å². The fourth-order valence-electron chi connectivity index (χ4n) is 9.10. The molecule has 474 valence electrons. The largest absolute Gasteiger partial charge is 0.472 e. The van der Waals surface area contributed by atoms with Crippen molar-refractivity contribution >= 4 is 39.5 Å². The lowest BCUT2D eigenvalue weighted by Crippen LogP contribution is -2.30. The van der Waals surface area contributed by atoms with Crippen LogP contribution in [0.15, 0.2) is 0 Å². The smallest absolute Gasteiger partial charge is 0.462 e. The van der Waals surface area contributed by atoms with Crippen molar-refractivity contribution in [1.29, 1.82) is 0 Å². The second-order valence-electron chi connectivity index (χ2n) is 22.1. The molecule has 0 fully saturated rings. The van der Waals surface area contributed by atoms with Crippen LogP contribution in [-0.2, 0) is 65.4 Å². The first-order chi connectivity index (χ1) is 38.7. The highest BCUT2D eigenvalue weighted by Gasteiger charge is 2.30. The van der Waals surface area contributed by atoms with Crippen LogP contribution < -0.4 is 0 Å². The molecular formula is C61H118O17P2. The van der Waals surface area contributed by atoms with Gasteiger partial charge in [0.2, 0.25) is 0 Å². The van der Waals surface area contributed by atoms with E-state index in [0.717, 1.165) is 109 Å². The van der Waals surface area contributed by atoms with Crippen molar-refractivity contribution in [2.75, 3.05) is 39.6 Å². The Labute approximate surface area is 486 Å². The second kappa shape index (κ2) is 56.2. The molecule has 19 heteroatoms. The molecule has 0 amide bonds. The normalized spacial score (nSPS) is 14.2. The van der Waals surface area contributed by atoms with Gasteiger partial charge in [-0.05, 0) is 25.7 Å². The number of hydrogen-bond donors (Lipinski definition) is 3.